The molecule has 0 radical (unpaired) electrons. The Kier molecular flexibility index (Phi) is 6.20. The zero-order valence-electron chi connectivity index (χ0n) is 15.4. The molecule has 4 nitrogen and oxygen atoms in total. The van der Waals surface area contributed by atoms with Crippen molar-refractivity contribution < 1.29 is 9.53 Å². The van der Waals surface area contributed by atoms with Crippen LogP contribution >= 0.6 is 0 Å². The number of amides is 1. The van der Waals surface area contributed by atoms with E-state index in [0.29, 0.717) is 24.4 Å². The van der Waals surface area contributed by atoms with Gasteiger partial charge in [0, 0.05) is 25.1 Å². The number of nitrogens with two attached hydrogens (primary N) is 1. The summed E-state index contributed by atoms with van der Waals surface area (Å²) in [6.45, 7) is 3.65. The number of hydrogen-bond acceptors (Lipinski definition) is 3. The van der Waals surface area contributed by atoms with Gasteiger partial charge < -0.3 is 15.8 Å². The van der Waals surface area contributed by atoms with Crippen LogP contribution in [-0.4, -0.2) is 30.7 Å². The van der Waals surface area contributed by atoms with Gasteiger partial charge in [-0.25, -0.2) is 0 Å². The first-order valence-electron chi connectivity index (χ1n) is 10.3. The van der Waals surface area contributed by atoms with E-state index in [1.165, 1.54) is 38.5 Å². The van der Waals surface area contributed by atoms with Gasteiger partial charge in [0.15, 0.2) is 0 Å². The highest BCUT2D eigenvalue weighted by Gasteiger charge is 2.41. The fourth-order valence-electron chi connectivity index (χ4n) is 5.28. The molecule has 4 heteroatoms. The Morgan fingerprint density at radius 2 is 1.79 bits per heavy atom. The highest BCUT2D eigenvalue weighted by atomic mass is 16.5. The molecule has 3 aliphatic rings. The van der Waals surface area contributed by atoms with Crippen LogP contribution in [-0.2, 0) is 9.53 Å². The molecule has 0 aromatic heterocycles. The smallest absolute Gasteiger partial charge is 0.223 e. The van der Waals surface area contributed by atoms with Gasteiger partial charge in [0.25, 0.3) is 0 Å². The molecular formula is C20H36N2O2. The van der Waals surface area contributed by atoms with Gasteiger partial charge in [-0.2, -0.15) is 0 Å². The van der Waals surface area contributed by atoms with Crippen LogP contribution in [0, 0.1) is 17.8 Å². The Hall–Kier alpha value is -0.610. The first-order chi connectivity index (χ1) is 11.6. The van der Waals surface area contributed by atoms with Gasteiger partial charge in [0.1, 0.15) is 0 Å². The number of carbonyl (C=O) groups is 1. The Bertz CT molecular complexity index is 406. The predicted molar refractivity (Wildman–Crippen MR) is 96.6 cm³/mol. The minimum Gasteiger partial charge on any atom is -0.373 e. The molecule has 3 N–H and O–H groups in total. The molecule has 2 unspecified atom stereocenters. The number of hydrogen-bond donors (Lipinski definition) is 2. The minimum absolute atomic E-state index is 0.106. The molecule has 0 heterocycles. The quantitative estimate of drug-likeness (QED) is 0.781. The maximum absolute atomic E-state index is 12.8. The molecular weight excluding hydrogens is 300 g/mol. The molecule has 0 aromatic rings. The lowest BCUT2D eigenvalue weighted by atomic mass is 9.65. The van der Waals surface area contributed by atoms with Gasteiger partial charge in [-0.3, -0.25) is 4.79 Å². The monoisotopic (exact) mass is 336 g/mol. The lowest BCUT2D eigenvalue weighted by molar-refractivity contribution is -0.131. The van der Waals surface area contributed by atoms with E-state index >= 15 is 0 Å². The zero-order valence-corrected chi connectivity index (χ0v) is 15.4. The summed E-state index contributed by atoms with van der Waals surface area (Å²) in [6, 6.07) is 0.334. The molecule has 138 valence electrons. The first kappa shape index (κ1) is 18.2. The van der Waals surface area contributed by atoms with Crippen molar-refractivity contribution in [1.82, 2.24) is 5.32 Å². The van der Waals surface area contributed by atoms with E-state index in [4.69, 9.17) is 10.5 Å². The van der Waals surface area contributed by atoms with Gasteiger partial charge in [-0.1, -0.05) is 32.6 Å². The Morgan fingerprint density at radius 1 is 1.12 bits per heavy atom. The molecule has 3 saturated carbocycles. The molecule has 0 spiro atoms. The second-order valence-electron chi connectivity index (χ2n) is 8.51. The van der Waals surface area contributed by atoms with Crippen molar-refractivity contribution in [3.63, 3.8) is 0 Å². The number of carbonyl (C=O) groups excluding carboxylic acids is 1. The van der Waals surface area contributed by atoms with Gasteiger partial charge in [0.2, 0.25) is 5.91 Å². The van der Waals surface area contributed by atoms with Crippen LogP contribution in [0.1, 0.15) is 77.6 Å². The number of ether oxygens (including phenoxy) is 1. The average molecular weight is 337 g/mol. The highest BCUT2D eigenvalue weighted by molar-refractivity contribution is 5.78. The number of nitrogens with one attached hydrogen (secondary N) is 1. The first-order valence-corrected chi connectivity index (χ1v) is 10.3. The molecule has 0 saturated heterocycles. The SMILES string of the molecule is CCCOC1(CNC(=O)C2CC3CCCC(C2)C3N)CCCCC1. The van der Waals surface area contributed by atoms with Crippen molar-refractivity contribution in [2.45, 2.75) is 89.2 Å². The van der Waals surface area contributed by atoms with E-state index in [1.807, 2.05) is 0 Å². The van der Waals surface area contributed by atoms with Crippen LogP contribution in [0.5, 0.6) is 0 Å². The van der Waals surface area contributed by atoms with Crippen LogP contribution in [0.2, 0.25) is 0 Å². The predicted octanol–water partition coefficient (Wildman–Crippen LogP) is 3.39. The van der Waals surface area contributed by atoms with Crippen LogP contribution in [0.4, 0.5) is 0 Å². The third-order valence-corrected chi connectivity index (χ3v) is 6.75. The summed E-state index contributed by atoms with van der Waals surface area (Å²) in [5, 5.41) is 3.27. The van der Waals surface area contributed by atoms with Crippen LogP contribution < -0.4 is 11.1 Å². The average Bonchev–Trinajstić information content (AvgIpc) is 2.59. The third-order valence-electron chi connectivity index (χ3n) is 6.75. The molecule has 1 amide bonds. The molecule has 3 aliphatic carbocycles. The van der Waals surface area contributed by atoms with E-state index in [2.05, 4.69) is 12.2 Å². The fourth-order valence-corrected chi connectivity index (χ4v) is 5.28. The summed E-state index contributed by atoms with van der Waals surface area (Å²) >= 11 is 0. The maximum Gasteiger partial charge on any atom is 0.223 e. The summed E-state index contributed by atoms with van der Waals surface area (Å²) < 4.78 is 6.21. The second-order valence-corrected chi connectivity index (χ2v) is 8.51. The van der Waals surface area contributed by atoms with Crippen molar-refractivity contribution >= 4 is 5.91 Å². The lowest BCUT2D eigenvalue weighted by Gasteiger charge is -2.44. The summed E-state index contributed by atoms with van der Waals surface area (Å²) in [7, 11) is 0. The molecule has 0 aliphatic heterocycles. The fraction of sp³-hybridized carbons (Fsp3) is 0.950. The van der Waals surface area contributed by atoms with Gasteiger partial charge in [-0.15, -0.1) is 0 Å². The van der Waals surface area contributed by atoms with Crippen LogP contribution in [0.15, 0.2) is 0 Å². The van der Waals surface area contributed by atoms with Crippen molar-refractivity contribution in [3.8, 4) is 0 Å². The van der Waals surface area contributed by atoms with Gasteiger partial charge in [0.05, 0.1) is 5.60 Å². The summed E-state index contributed by atoms with van der Waals surface area (Å²) in [6.07, 6.45) is 12.7. The van der Waals surface area contributed by atoms with E-state index < -0.39 is 0 Å². The van der Waals surface area contributed by atoms with Crippen molar-refractivity contribution in [1.29, 1.82) is 0 Å². The number of rotatable bonds is 6. The van der Waals surface area contributed by atoms with Crippen molar-refractivity contribution in [2.24, 2.45) is 23.5 Å². The van der Waals surface area contributed by atoms with Crippen LogP contribution in [0.25, 0.3) is 0 Å². The normalized spacial score (nSPS) is 35.4. The van der Waals surface area contributed by atoms with E-state index in [-0.39, 0.29) is 17.4 Å². The van der Waals surface area contributed by atoms with E-state index in [0.717, 1.165) is 38.7 Å². The van der Waals surface area contributed by atoms with Gasteiger partial charge in [-0.05, 0) is 56.8 Å². The Labute approximate surface area is 147 Å². The summed E-state index contributed by atoms with van der Waals surface area (Å²) in [5.41, 5.74) is 6.26. The molecule has 24 heavy (non-hydrogen) atoms. The Balaban J connectivity index is 1.54. The Morgan fingerprint density at radius 3 is 2.42 bits per heavy atom. The van der Waals surface area contributed by atoms with Crippen LogP contribution in [0.3, 0.4) is 0 Å². The standard InChI is InChI=1S/C20H36N2O2/c1-2-11-24-20(9-4-3-5-10-20)14-22-19(23)17-12-15-7-6-8-16(13-17)18(15)21/h15-18H,2-14,21H2,1H3,(H,22,23). The van der Waals surface area contributed by atoms with E-state index in [1.54, 1.807) is 0 Å². The molecule has 3 rings (SSSR count). The van der Waals surface area contributed by atoms with E-state index in [9.17, 15) is 4.79 Å². The minimum atomic E-state index is -0.106. The highest BCUT2D eigenvalue weighted by Crippen LogP contribution is 2.42. The van der Waals surface area contributed by atoms with Crippen molar-refractivity contribution in [3.05, 3.63) is 0 Å². The molecule has 2 atom stereocenters. The number of fused-ring (bicyclic) bond motifs is 2. The molecule has 2 bridgehead atoms. The zero-order chi connectivity index (χ0) is 17.0. The summed E-state index contributed by atoms with van der Waals surface area (Å²) in [4.78, 5) is 12.8. The maximum atomic E-state index is 12.8. The topological polar surface area (TPSA) is 64.3 Å². The molecule has 3 fully saturated rings. The second kappa shape index (κ2) is 8.18. The largest absolute Gasteiger partial charge is 0.373 e. The van der Waals surface area contributed by atoms with Gasteiger partial charge >= 0.3 is 0 Å². The summed E-state index contributed by atoms with van der Waals surface area (Å²) in [5.74, 6) is 1.55. The van der Waals surface area contributed by atoms with Crippen molar-refractivity contribution in [2.75, 3.05) is 13.2 Å². The molecule has 0 aromatic carbocycles. The lowest BCUT2D eigenvalue weighted by Crippen LogP contribution is -2.51. The third kappa shape index (κ3) is 4.13.